The van der Waals surface area contributed by atoms with E-state index in [0.717, 1.165) is 43.3 Å². The molecule has 2 aromatic rings. The number of aromatic nitrogens is 3. The van der Waals surface area contributed by atoms with Gasteiger partial charge in [0.15, 0.2) is 0 Å². The molecule has 0 spiro atoms. The average Bonchev–Trinajstić information content (AvgIpc) is 2.47. The maximum atomic E-state index is 6.02. The van der Waals surface area contributed by atoms with Crippen LogP contribution in [0.3, 0.4) is 0 Å². The van der Waals surface area contributed by atoms with Gasteiger partial charge in [-0.15, -0.1) is 0 Å². The van der Waals surface area contributed by atoms with Gasteiger partial charge in [-0.1, -0.05) is 17.7 Å². The lowest BCUT2D eigenvalue weighted by molar-refractivity contribution is 0.522. The van der Waals surface area contributed by atoms with Crippen molar-refractivity contribution in [2.24, 2.45) is 0 Å². The summed E-state index contributed by atoms with van der Waals surface area (Å²) in [5, 5.41) is 4.03. The molecule has 116 valence electrons. The van der Waals surface area contributed by atoms with Crippen LogP contribution in [0.5, 0.6) is 0 Å². The Hall–Kier alpha value is -1.88. The van der Waals surface area contributed by atoms with Gasteiger partial charge < -0.3 is 10.2 Å². The summed E-state index contributed by atoms with van der Waals surface area (Å²) in [6, 6.07) is 8.35. The number of anilines is 2. The molecule has 1 saturated heterocycles. The Morgan fingerprint density at radius 3 is 2.59 bits per heavy atom. The molecular formula is C16H20ClN5. The Labute approximate surface area is 135 Å². The molecule has 6 heteroatoms. The predicted octanol–water partition coefficient (Wildman–Crippen LogP) is 3.22. The molecule has 0 saturated carbocycles. The number of nitrogens with one attached hydrogen (secondary N) is 1. The molecule has 22 heavy (non-hydrogen) atoms. The zero-order valence-electron chi connectivity index (χ0n) is 12.9. The summed E-state index contributed by atoms with van der Waals surface area (Å²) in [6.45, 7) is 5.79. The first-order chi connectivity index (χ1) is 10.6. The Balaban J connectivity index is 1.60. The van der Waals surface area contributed by atoms with Crippen molar-refractivity contribution < 1.29 is 0 Å². The van der Waals surface area contributed by atoms with Gasteiger partial charge in [-0.3, -0.25) is 0 Å². The van der Waals surface area contributed by atoms with Crippen molar-refractivity contribution in [3.63, 3.8) is 0 Å². The second-order valence-electron chi connectivity index (χ2n) is 5.67. The highest BCUT2D eigenvalue weighted by Gasteiger charge is 2.21. The number of hydrogen-bond acceptors (Lipinski definition) is 5. The molecule has 3 rings (SSSR count). The van der Waals surface area contributed by atoms with Crippen molar-refractivity contribution in [3.8, 4) is 0 Å². The van der Waals surface area contributed by atoms with E-state index in [4.69, 9.17) is 11.6 Å². The van der Waals surface area contributed by atoms with Crippen LogP contribution < -0.4 is 10.2 Å². The SMILES string of the molecule is Cc1cccc(NC2CCN(c3cc(Cl)nc(C)n3)CC2)n1. The van der Waals surface area contributed by atoms with E-state index in [1.807, 2.05) is 38.1 Å². The summed E-state index contributed by atoms with van der Waals surface area (Å²) in [7, 11) is 0. The third-order valence-corrected chi connectivity index (χ3v) is 4.05. The van der Waals surface area contributed by atoms with E-state index in [-0.39, 0.29) is 0 Å². The molecule has 1 N–H and O–H groups in total. The summed E-state index contributed by atoms with van der Waals surface area (Å²) in [6.07, 6.45) is 2.10. The minimum atomic E-state index is 0.448. The number of pyridine rings is 1. The van der Waals surface area contributed by atoms with Gasteiger partial charge in [-0.25, -0.2) is 15.0 Å². The Morgan fingerprint density at radius 2 is 1.91 bits per heavy atom. The lowest BCUT2D eigenvalue weighted by Crippen LogP contribution is -2.39. The van der Waals surface area contributed by atoms with Gasteiger partial charge in [-0.05, 0) is 38.8 Å². The van der Waals surface area contributed by atoms with Crippen molar-refractivity contribution in [2.75, 3.05) is 23.3 Å². The van der Waals surface area contributed by atoms with Gasteiger partial charge in [-0.2, -0.15) is 0 Å². The molecule has 0 amide bonds. The van der Waals surface area contributed by atoms with E-state index in [2.05, 4.69) is 25.2 Å². The van der Waals surface area contributed by atoms with Crippen LogP contribution in [0.1, 0.15) is 24.4 Å². The van der Waals surface area contributed by atoms with Gasteiger partial charge in [0.05, 0.1) is 0 Å². The molecule has 1 aliphatic rings. The van der Waals surface area contributed by atoms with Crippen LogP contribution in [0.15, 0.2) is 24.3 Å². The third kappa shape index (κ3) is 3.65. The molecule has 1 aliphatic heterocycles. The standard InChI is InChI=1S/C16H20ClN5/c1-11-4-3-5-15(18-11)21-13-6-8-22(9-7-13)16-10-14(17)19-12(2)20-16/h3-5,10,13H,6-9H2,1-2H3,(H,18,21). The van der Waals surface area contributed by atoms with E-state index >= 15 is 0 Å². The zero-order valence-corrected chi connectivity index (χ0v) is 13.6. The summed E-state index contributed by atoms with van der Waals surface area (Å²) in [4.78, 5) is 15.4. The minimum Gasteiger partial charge on any atom is -0.367 e. The molecule has 1 fully saturated rings. The maximum Gasteiger partial charge on any atom is 0.134 e. The summed E-state index contributed by atoms with van der Waals surface area (Å²) in [5.74, 6) is 2.59. The van der Waals surface area contributed by atoms with E-state index in [1.165, 1.54) is 0 Å². The second kappa shape index (κ2) is 6.48. The van der Waals surface area contributed by atoms with E-state index in [1.54, 1.807) is 0 Å². The van der Waals surface area contributed by atoms with Gasteiger partial charge in [0.1, 0.15) is 22.6 Å². The summed E-state index contributed by atoms with van der Waals surface area (Å²) < 4.78 is 0. The monoisotopic (exact) mass is 317 g/mol. The van der Waals surface area contributed by atoms with Crippen LogP contribution in [0.2, 0.25) is 5.15 Å². The number of rotatable bonds is 3. The fourth-order valence-corrected chi connectivity index (χ4v) is 2.98. The van der Waals surface area contributed by atoms with Crippen LogP contribution >= 0.6 is 11.6 Å². The Morgan fingerprint density at radius 1 is 1.14 bits per heavy atom. The number of piperidine rings is 1. The smallest absolute Gasteiger partial charge is 0.134 e. The number of halogens is 1. The molecule has 0 bridgehead atoms. The molecule has 0 atom stereocenters. The second-order valence-corrected chi connectivity index (χ2v) is 6.05. The topological polar surface area (TPSA) is 53.9 Å². The van der Waals surface area contributed by atoms with Crippen molar-refractivity contribution in [3.05, 3.63) is 40.9 Å². The van der Waals surface area contributed by atoms with Crippen molar-refractivity contribution in [1.29, 1.82) is 0 Å². The fourth-order valence-electron chi connectivity index (χ4n) is 2.76. The lowest BCUT2D eigenvalue weighted by Gasteiger charge is -2.33. The normalized spacial score (nSPS) is 15.9. The zero-order chi connectivity index (χ0) is 15.5. The number of nitrogens with zero attached hydrogens (tertiary/aromatic N) is 4. The van der Waals surface area contributed by atoms with E-state index in [9.17, 15) is 0 Å². The first-order valence-corrected chi connectivity index (χ1v) is 7.94. The number of hydrogen-bond donors (Lipinski definition) is 1. The van der Waals surface area contributed by atoms with Gasteiger partial charge >= 0.3 is 0 Å². The lowest BCUT2D eigenvalue weighted by atomic mass is 10.1. The molecule has 0 aliphatic carbocycles. The molecule has 3 heterocycles. The van der Waals surface area contributed by atoms with Gasteiger partial charge in [0.2, 0.25) is 0 Å². The fraction of sp³-hybridized carbons (Fsp3) is 0.438. The van der Waals surface area contributed by atoms with Crippen LogP contribution in [0.4, 0.5) is 11.6 Å². The molecular weight excluding hydrogens is 298 g/mol. The van der Waals surface area contributed by atoms with Gasteiger partial charge in [0.25, 0.3) is 0 Å². The van der Waals surface area contributed by atoms with Crippen LogP contribution in [-0.4, -0.2) is 34.1 Å². The summed E-state index contributed by atoms with van der Waals surface area (Å²) >= 11 is 6.02. The summed E-state index contributed by atoms with van der Waals surface area (Å²) in [5.41, 5.74) is 1.04. The molecule has 0 aromatic carbocycles. The maximum absolute atomic E-state index is 6.02. The van der Waals surface area contributed by atoms with E-state index in [0.29, 0.717) is 17.0 Å². The highest BCUT2D eigenvalue weighted by Crippen LogP contribution is 2.22. The largest absolute Gasteiger partial charge is 0.367 e. The predicted molar refractivity (Wildman–Crippen MR) is 89.6 cm³/mol. The van der Waals surface area contributed by atoms with Crippen molar-refractivity contribution >= 4 is 23.2 Å². The van der Waals surface area contributed by atoms with Crippen LogP contribution in [0, 0.1) is 13.8 Å². The van der Waals surface area contributed by atoms with Gasteiger partial charge in [0, 0.05) is 30.9 Å². The Kier molecular flexibility index (Phi) is 4.43. The molecule has 2 aromatic heterocycles. The van der Waals surface area contributed by atoms with Crippen LogP contribution in [0.25, 0.3) is 0 Å². The van der Waals surface area contributed by atoms with E-state index < -0.39 is 0 Å². The van der Waals surface area contributed by atoms with Crippen molar-refractivity contribution in [2.45, 2.75) is 32.7 Å². The average molecular weight is 318 g/mol. The molecule has 0 radical (unpaired) electrons. The first kappa shape index (κ1) is 15.0. The molecule has 5 nitrogen and oxygen atoms in total. The first-order valence-electron chi connectivity index (χ1n) is 7.56. The minimum absolute atomic E-state index is 0.448. The quantitative estimate of drug-likeness (QED) is 0.881. The Bertz CT molecular complexity index is 632. The van der Waals surface area contributed by atoms with Crippen molar-refractivity contribution in [1.82, 2.24) is 15.0 Å². The highest BCUT2D eigenvalue weighted by molar-refractivity contribution is 6.29. The third-order valence-electron chi connectivity index (χ3n) is 3.85. The molecule has 0 unspecified atom stereocenters. The highest BCUT2D eigenvalue weighted by atomic mass is 35.5. The van der Waals surface area contributed by atoms with Crippen LogP contribution in [-0.2, 0) is 0 Å². The number of aryl methyl sites for hydroxylation is 2.